The van der Waals surface area contributed by atoms with Crippen molar-refractivity contribution in [3.8, 4) is 5.75 Å². The van der Waals surface area contributed by atoms with Crippen molar-refractivity contribution in [2.24, 2.45) is 5.84 Å². The number of hydrogen-bond acceptors (Lipinski definition) is 6. The number of hydrogen-bond donors (Lipinski definition) is 3. The monoisotopic (exact) mass is 279 g/mol. The van der Waals surface area contributed by atoms with Crippen LogP contribution in [0, 0.1) is 0 Å². The zero-order chi connectivity index (χ0) is 14.3. The molecule has 1 aromatic heterocycles. The van der Waals surface area contributed by atoms with Gasteiger partial charge in [0.2, 0.25) is 5.75 Å². The van der Waals surface area contributed by atoms with Crippen molar-refractivity contribution in [2.45, 2.75) is 25.4 Å². The molecule has 0 spiro atoms. The minimum Gasteiger partial charge on any atom is -0.490 e. The predicted octanol–water partition coefficient (Wildman–Crippen LogP) is 1.92. The second kappa shape index (κ2) is 6.98. The fraction of sp³-hybridized carbons (Fsp3) is 0.600. The number of halogens is 3. The Bertz CT molecular complexity index is 399. The van der Waals surface area contributed by atoms with E-state index in [9.17, 15) is 13.2 Å². The second-order valence-corrected chi connectivity index (χ2v) is 3.75. The van der Waals surface area contributed by atoms with E-state index in [0.717, 1.165) is 0 Å². The quantitative estimate of drug-likeness (QED) is 0.401. The van der Waals surface area contributed by atoms with Gasteiger partial charge in [-0.3, -0.25) is 0 Å². The number of unbranched alkanes of at least 4 members (excludes halogenated alkanes) is 1. The van der Waals surface area contributed by atoms with Crippen LogP contribution in [0.3, 0.4) is 0 Å². The van der Waals surface area contributed by atoms with Crippen LogP contribution < -0.4 is 21.3 Å². The first-order valence-electron chi connectivity index (χ1n) is 5.64. The fourth-order valence-corrected chi connectivity index (χ4v) is 1.45. The summed E-state index contributed by atoms with van der Waals surface area (Å²) < 4.78 is 40.9. The van der Waals surface area contributed by atoms with Gasteiger partial charge in [-0.05, 0) is 12.8 Å². The molecule has 0 atom stereocenters. The van der Waals surface area contributed by atoms with Crippen LogP contribution in [0.2, 0.25) is 0 Å². The maximum Gasteiger partial charge on any atom is 0.389 e. The Morgan fingerprint density at radius 2 is 1.95 bits per heavy atom. The van der Waals surface area contributed by atoms with E-state index in [2.05, 4.69) is 20.7 Å². The fourth-order valence-electron chi connectivity index (χ4n) is 1.45. The normalized spacial score (nSPS) is 11.2. The number of anilines is 2. The number of nitrogens with two attached hydrogens (primary N) is 1. The lowest BCUT2D eigenvalue weighted by Gasteiger charge is -2.12. The number of nitrogen functional groups attached to an aromatic ring is 1. The van der Waals surface area contributed by atoms with Gasteiger partial charge in [-0.2, -0.15) is 13.2 Å². The summed E-state index contributed by atoms with van der Waals surface area (Å²) in [6.45, 7) is 0.355. The number of ether oxygens (including phenoxy) is 1. The lowest BCUT2D eigenvalue weighted by atomic mass is 10.2. The van der Waals surface area contributed by atoms with Gasteiger partial charge in [0, 0.05) is 13.0 Å². The molecule has 0 radical (unpaired) electrons. The Hall–Kier alpha value is -1.77. The topological polar surface area (TPSA) is 85.1 Å². The van der Waals surface area contributed by atoms with Gasteiger partial charge in [-0.15, -0.1) is 0 Å². The summed E-state index contributed by atoms with van der Waals surface area (Å²) in [5.41, 5.74) is 2.34. The summed E-state index contributed by atoms with van der Waals surface area (Å²) in [5.74, 6) is 6.25. The molecule has 9 heteroatoms. The number of methoxy groups -OCH3 is 1. The van der Waals surface area contributed by atoms with Gasteiger partial charge >= 0.3 is 6.18 Å². The summed E-state index contributed by atoms with van der Waals surface area (Å²) in [4.78, 5) is 7.78. The van der Waals surface area contributed by atoms with Gasteiger partial charge in [0.05, 0.1) is 7.11 Å². The first kappa shape index (κ1) is 15.3. The molecular formula is C10H16F3N5O. The largest absolute Gasteiger partial charge is 0.490 e. The Labute approximate surface area is 108 Å². The molecule has 1 heterocycles. The molecule has 0 aromatic carbocycles. The van der Waals surface area contributed by atoms with Crippen LogP contribution in [0.15, 0.2) is 6.33 Å². The number of alkyl halides is 3. The molecule has 0 saturated heterocycles. The van der Waals surface area contributed by atoms with Gasteiger partial charge in [0.15, 0.2) is 11.6 Å². The first-order valence-corrected chi connectivity index (χ1v) is 5.64. The number of nitrogens with one attached hydrogen (secondary N) is 2. The highest BCUT2D eigenvalue weighted by molar-refractivity contribution is 5.62. The standard InChI is InChI=1S/C10H16F3N5O/c1-19-7-8(16-6-17-9(7)18-14)15-5-3-2-4-10(11,12)13/h6H,2-5,14H2,1H3,(H2,15,16,17,18). The molecule has 0 unspecified atom stereocenters. The van der Waals surface area contributed by atoms with Crippen LogP contribution in [0.25, 0.3) is 0 Å². The molecular weight excluding hydrogens is 263 g/mol. The van der Waals surface area contributed by atoms with E-state index in [0.29, 0.717) is 30.4 Å². The number of hydrazine groups is 1. The average Bonchev–Trinajstić information content (AvgIpc) is 2.36. The second-order valence-electron chi connectivity index (χ2n) is 3.75. The van der Waals surface area contributed by atoms with Crippen LogP contribution in [-0.2, 0) is 0 Å². The molecule has 0 saturated carbocycles. The lowest BCUT2D eigenvalue weighted by molar-refractivity contribution is -0.135. The molecule has 108 valence electrons. The minimum atomic E-state index is -4.11. The maximum absolute atomic E-state index is 11.9. The third-order valence-electron chi connectivity index (χ3n) is 2.32. The van der Waals surface area contributed by atoms with E-state index >= 15 is 0 Å². The summed E-state index contributed by atoms with van der Waals surface area (Å²) in [7, 11) is 1.42. The molecule has 0 aliphatic carbocycles. The number of rotatable bonds is 7. The third-order valence-corrected chi connectivity index (χ3v) is 2.32. The van der Waals surface area contributed by atoms with Gasteiger partial charge in [-0.25, -0.2) is 15.8 Å². The van der Waals surface area contributed by atoms with Gasteiger partial charge < -0.3 is 15.5 Å². The van der Waals surface area contributed by atoms with Gasteiger partial charge in [-0.1, -0.05) is 0 Å². The van der Waals surface area contributed by atoms with Crippen LogP contribution in [0.5, 0.6) is 5.75 Å². The summed E-state index contributed by atoms with van der Waals surface area (Å²) >= 11 is 0. The van der Waals surface area contributed by atoms with E-state index in [-0.39, 0.29) is 6.42 Å². The summed E-state index contributed by atoms with van der Waals surface area (Å²) in [6, 6.07) is 0. The van der Waals surface area contributed by atoms with E-state index in [4.69, 9.17) is 10.6 Å². The smallest absolute Gasteiger partial charge is 0.389 e. The SMILES string of the molecule is COc1c(NN)ncnc1NCCCCC(F)(F)F. The van der Waals surface area contributed by atoms with Crippen LogP contribution in [0.4, 0.5) is 24.8 Å². The minimum absolute atomic E-state index is 0.0614. The zero-order valence-electron chi connectivity index (χ0n) is 10.4. The highest BCUT2D eigenvalue weighted by atomic mass is 19.4. The molecule has 0 aliphatic rings. The summed E-state index contributed by atoms with van der Waals surface area (Å²) in [6.07, 6.45) is -3.19. The van der Waals surface area contributed by atoms with Crippen molar-refractivity contribution < 1.29 is 17.9 Å². The Morgan fingerprint density at radius 3 is 2.53 bits per heavy atom. The van der Waals surface area contributed by atoms with Crippen molar-refractivity contribution in [3.63, 3.8) is 0 Å². The van der Waals surface area contributed by atoms with Crippen molar-refractivity contribution >= 4 is 11.6 Å². The van der Waals surface area contributed by atoms with E-state index < -0.39 is 12.6 Å². The average molecular weight is 279 g/mol. The van der Waals surface area contributed by atoms with Crippen LogP contribution >= 0.6 is 0 Å². The highest BCUT2D eigenvalue weighted by Gasteiger charge is 2.25. The lowest BCUT2D eigenvalue weighted by Crippen LogP contribution is -2.13. The summed E-state index contributed by atoms with van der Waals surface area (Å²) in [5, 5.41) is 2.89. The third kappa shape index (κ3) is 5.16. The van der Waals surface area contributed by atoms with Crippen molar-refractivity contribution in [3.05, 3.63) is 6.33 Å². The first-order chi connectivity index (χ1) is 8.98. The molecule has 4 N–H and O–H groups in total. The zero-order valence-corrected chi connectivity index (χ0v) is 10.4. The van der Waals surface area contributed by atoms with E-state index in [1.165, 1.54) is 13.4 Å². The van der Waals surface area contributed by atoms with Crippen molar-refractivity contribution in [2.75, 3.05) is 24.4 Å². The Balaban J connectivity index is 2.45. The molecule has 0 fully saturated rings. The van der Waals surface area contributed by atoms with Crippen molar-refractivity contribution in [1.82, 2.24) is 9.97 Å². The molecule has 1 aromatic rings. The van der Waals surface area contributed by atoms with Crippen molar-refractivity contribution in [1.29, 1.82) is 0 Å². The van der Waals surface area contributed by atoms with E-state index in [1.807, 2.05) is 0 Å². The number of aromatic nitrogens is 2. The van der Waals surface area contributed by atoms with E-state index in [1.54, 1.807) is 0 Å². The molecule has 6 nitrogen and oxygen atoms in total. The molecule has 0 bridgehead atoms. The molecule has 19 heavy (non-hydrogen) atoms. The van der Waals surface area contributed by atoms with Crippen LogP contribution in [-0.4, -0.2) is 29.8 Å². The Kier molecular flexibility index (Phi) is 5.61. The maximum atomic E-state index is 11.9. The molecule has 0 aliphatic heterocycles. The number of nitrogens with zero attached hydrogens (tertiary/aromatic N) is 2. The Morgan fingerprint density at radius 1 is 1.26 bits per heavy atom. The van der Waals surface area contributed by atoms with Gasteiger partial charge in [0.25, 0.3) is 0 Å². The highest BCUT2D eigenvalue weighted by Crippen LogP contribution is 2.28. The van der Waals surface area contributed by atoms with Gasteiger partial charge in [0.1, 0.15) is 6.33 Å². The van der Waals surface area contributed by atoms with Crippen LogP contribution in [0.1, 0.15) is 19.3 Å². The molecule has 1 rings (SSSR count). The molecule has 0 amide bonds. The predicted molar refractivity (Wildman–Crippen MR) is 64.8 cm³/mol.